The largest absolute Gasteiger partial charge is 0.340 e. The third-order valence-corrected chi connectivity index (χ3v) is 3.54. The average Bonchev–Trinajstić information content (AvgIpc) is 2.25. The van der Waals surface area contributed by atoms with Crippen LogP contribution < -0.4 is 4.90 Å². The smallest absolute Gasteiger partial charge is 0.225 e. The van der Waals surface area contributed by atoms with Crippen molar-refractivity contribution in [1.29, 1.82) is 0 Å². The van der Waals surface area contributed by atoms with Gasteiger partial charge in [0.15, 0.2) is 0 Å². The first kappa shape index (κ1) is 10.0. The standard InChI is InChI=1S/C12H12BrN3/c1-8-6-16(7-8)12-14-5-9-3-2-4-10(13)11(9)15-12/h2-5,8H,6-7H2,1H3. The van der Waals surface area contributed by atoms with Crippen molar-refractivity contribution in [2.24, 2.45) is 5.92 Å². The monoisotopic (exact) mass is 277 g/mol. The molecule has 0 bridgehead atoms. The van der Waals surface area contributed by atoms with Crippen LogP contribution in [0.4, 0.5) is 5.95 Å². The Morgan fingerprint density at radius 2 is 2.19 bits per heavy atom. The van der Waals surface area contributed by atoms with Crippen LogP contribution in [0, 0.1) is 5.92 Å². The van der Waals surface area contributed by atoms with Crippen LogP contribution in [-0.2, 0) is 0 Å². The van der Waals surface area contributed by atoms with E-state index in [0.717, 1.165) is 40.3 Å². The summed E-state index contributed by atoms with van der Waals surface area (Å²) in [5, 5.41) is 1.08. The third kappa shape index (κ3) is 1.57. The maximum atomic E-state index is 4.60. The highest BCUT2D eigenvalue weighted by Crippen LogP contribution is 2.26. The summed E-state index contributed by atoms with van der Waals surface area (Å²) in [5.74, 6) is 1.61. The highest BCUT2D eigenvalue weighted by Gasteiger charge is 2.24. The zero-order valence-electron chi connectivity index (χ0n) is 9.02. The van der Waals surface area contributed by atoms with Gasteiger partial charge in [-0.2, -0.15) is 0 Å². The number of nitrogens with zero attached hydrogens (tertiary/aromatic N) is 3. The van der Waals surface area contributed by atoms with Gasteiger partial charge in [0.25, 0.3) is 0 Å². The molecule has 16 heavy (non-hydrogen) atoms. The second-order valence-electron chi connectivity index (χ2n) is 4.36. The van der Waals surface area contributed by atoms with Crippen molar-refractivity contribution in [2.45, 2.75) is 6.92 Å². The first-order chi connectivity index (χ1) is 7.74. The molecule has 82 valence electrons. The molecule has 0 atom stereocenters. The van der Waals surface area contributed by atoms with Crippen LogP contribution in [0.25, 0.3) is 10.9 Å². The zero-order chi connectivity index (χ0) is 11.1. The summed E-state index contributed by atoms with van der Waals surface area (Å²) in [6.07, 6.45) is 1.89. The molecule has 2 aromatic rings. The summed E-state index contributed by atoms with van der Waals surface area (Å²) in [6.45, 7) is 4.37. The summed E-state index contributed by atoms with van der Waals surface area (Å²) >= 11 is 3.52. The van der Waals surface area contributed by atoms with Crippen LogP contribution in [0.5, 0.6) is 0 Å². The quantitative estimate of drug-likeness (QED) is 0.803. The third-order valence-electron chi connectivity index (χ3n) is 2.90. The van der Waals surface area contributed by atoms with Crippen LogP contribution in [0.1, 0.15) is 6.92 Å². The van der Waals surface area contributed by atoms with E-state index in [1.165, 1.54) is 0 Å². The number of aromatic nitrogens is 2. The molecule has 0 amide bonds. The van der Waals surface area contributed by atoms with Gasteiger partial charge in [0.05, 0.1) is 5.52 Å². The molecular formula is C12H12BrN3. The number of benzene rings is 1. The van der Waals surface area contributed by atoms with Crippen molar-refractivity contribution < 1.29 is 0 Å². The molecule has 0 N–H and O–H groups in total. The Hall–Kier alpha value is -1.16. The Morgan fingerprint density at radius 1 is 1.38 bits per heavy atom. The molecule has 1 aliphatic heterocycles. The molecule has 0 aliphatic carbocycles. The van der Waals surface area contributed by atoms with E-state index in [-0.39, 0.29) is 0 Å². The number of rotatable bonds is 1. The van der Waals surface area contributed by atoms with Crippen molar-refractivity contribution >= 4 is 32.8 Å². The summed E-state index contributed by atoms with van der Waals surface area (Å²) in [5.41, 5.74) is 0.993. The maximum absolute atomic E-state index is 4.60. The van der Waals surface area contributed by atoms with E-state index in [0.29, 0.717) is 0 Å². The van der Waals surface area contributed by atoms with Gasteiger partial charge in [-0.05, 0) is 27.9 Å². The minimum atomic E-state index is 0.763. The zero-order valence-corrected chi connectivity index (χ0v) is 10.6. The Bertz CT molecular complexity index is 535. The molecular weight excluding hydrogens is 266 g/mol. The van der Waals surface area contributed by atoms with Crippen molar-refractivity contribution in [3.8, 4) is 0 Å². The molecule has 3 nitrogen and oxygen atoms in total. The van der Waals surface area contributed by atoms with E-state index in [9.17, 15) is 0 Å². The number of hydrogen-bond donors (Lipinski definition) is 0. The first-order valence-corrected chi connectivity index (χ1v) is 6.19. The van der Waals surface area contributed by atoms with Gasteiger partial charge in [0.1, 0.15) is 0 Å². The van der Waals surface area contributed by atoms with Gasteiger partial charge in [-0.3, -0.25) is 0 Å². The van der Waals surface area contributed by atoms with Gasteiger partial charge >= 0.3 is 0 Å². The lowest BCUT2D eigenvalue weighted by Crippen LogP contribution is -2.46. The van der Waals surface area contributed by atoms with Gasteiger partial charge in [0.2, 0.25) is 5.95 Å². The Morgan fingerprint density at radius 3 is 2.94 bits per heavy atom. The van der Waals surface area contributed by atoms with Crippen molar-refractivity contribution in [1.82, 2.24) is 9.97 Å². The van der Waals surface area contributed by atoms with Crippen molar-refractivity contribution in [3.05, 3.63) is 28.9 Å². The number of hydrogen-bond acceptors (Lipinski definition) is 3. The molecule has 1 saturated heterocycles. The lowest BCUT2D eigenvalue weighted by atomic mass is 10.0. The average molecular weight is 278 g/mol. The summed E-state index contributed by atoms with van der Waals surface area (Å²) in [4.78, 5) is 11.2. The minimum Gasteiger partial charge on any atom is -0.340 e. The second-order valence-corrected chi connectivity index (χ2v) is 5.21. The van der Waals surface area contributed by atoms with Gasteiger partial charge < -0.3 is 4.90 Å². The molecule has 4 heteroatoms. The second kappa shape index (κ2) is 3.70. The van der Waals surface area contributed by atoms with Crippen LogP contribution in [0.15, 0.2) is 28.9 Å². The predicted octanol–water partition coefficient (Wildman–Crippen LogP) is 2.85. The van der Waals surface area contributed by atoms with Crippen LogP contribution in [-0.4, -0.2) is 23.1 Å². The van der Waals surface area contributed by atoms with Gasteiger partial charge in [-0.1, -0.05) is 19.1 Å². The Labute approximate surface area is 103 Å². The van der Waals surface area contributed by atoms with Crippen LogP contribution in [0.2, 0.25) is 0 Å². The lowest BCUT2D eigenvalue weighted by molar-refractivity contribution is 0.439. The summed E-state index contributed by atoms with van der Waals surface area (Å²) in [6, 6.07) is 6.04. The van der Waals surface area contributed by atoms with E-state index < -0.39 is 0 Å². The SMILES string of the molecule is CC1CN(c2ncc3cccc(Br)c3n2)C1. The number of halogens is 1. The van der Waals surface area contributed by atoms with E-state index >= 15 is 0 Å². The predicted molar refractivity (Wildman–Crippen MR) is 68.6 cm³/mol. The fourth-order valence-corrected chi connectivity index (χ4v) is 2.50. The van der Waals surface area contributed by atoms with Gasteiger partial charge in [0, 0.05) is 29.1 Å². The number of fused-ring (bicyclic) bond motifs is 1. The highest BCUT2D eigenvalue weighted by molar-refractivity contribution is 9.10. The topological polar surface area (TPSA) is 29.0 Å². The Kier molecular flexibility index (Phi) is 2.32. The van der Waals surface area contributed by atoms with Crippen molar-refractivity contribution in [3.63, 3.8) is 0 Å². The van der Waals surface area contributed by atoms with Gasteiger partial charge in [-0.15, -0.1) is 0 Å². The normalized spacial score (nSPS) is 16.5. The molecule has 1 aromatic heterocycles. The van der Waals surface area contributed by atoms with E-state index in [1.54, 1.807) is 0 Å². The molecule has 0 saturated carbocycles. The maximum Gasteiger partial charge on any atom is 0.225 e. The molecule has 1 aliphatic rings. The molecule has 0 spiro atoms. The van der Waals surface area contributed by atoms with Gasteiger partial charge in [-0.25, -0.2) is 9.97 Å². The molecule has 1 fully saturated rings. The van der Waals surface area contributed by atoms with Crippen LogP contribution in [0.3, 0.4) is 0 Å². The summed E-state index contributed by atoms with van der Waals surface area (Å²) in [7, 11) is 0. The van der Waals surface area contributed by atoms with E-state index in [1.807, 2.05) is 24.4 Å². The fraction of sp³-hybridized carbons (Fsp3) is 0.333. The molecule has 3 rings (SSSR count). The minimum absolute atomic E-state index is 0.763. The molecule has 0 unspecified atom stereocenters. The fourth-order valence-electron chi connectivity index (χ4n) is 2.02. The molecule has 2 heterocycles. The Balaban J connectivity index is 2.05. The first-order valence-electron chi connectivity index (χ1n) is 5.40. The number of anilines is 1. The molecule has 1 aromatic carbocycles. The van der Waals surface area contributed by atoms with E-state index in [2.05, 4.69) is 37.7 Å². The molecule has 0 radical (unpaired) electrons. The highest BCUT2D eigenvalue weighted by atomic mass is 79.9. The lowest BCUT2D eigenvalue weighted by Gasteiger charge is -2.37. The number of para-hydroxylation sites is 1. The van der Waals surface area contributed by atoms with Crippen LogP contribution >= 0.6 is 15.9 Å². The summed E-state index contributed by atoms with van der Waals surface area (Å²) < 4.78 is 1.03. The van der Waals surface area contributed by atoms with Crippen molar-refractivity contribution in [2.75, 3.05) is 18.0 Å². The van der Waals surface area contributed by atoms with E-state index in [4.69, 9.17) is 0 Å².